The zero-order valence-electron chi connectivity index (χ0n) is 15.6. The van der Waals surface area contributed by atoms with E-state index in [1.54, 1.807) is 20.8 Å². The summed E-state index contributed by atoms with van der Waals surface area (Å²) in [6.45, 7) is 14.3. The molecule has 0 aromatic heterocycles. The van der Waals surface area contributed by atoms with Crippen molar-refractivity contribution in [3.63, 3.8) is 0 Å². The average Bonchev–Trinajstić information content (AvgIpc) is 2.30. The monoisotopic (exact) mass is 328 g/mol. The van der Waals surface area contributed by atoms with Crippen LogP contribution in [0.1, 0.15) is 61.8 Å². The Morgan fingerprint density at radius 1 is 1.00 bits per heavy atom. The summed E-state index contributed by atoms with van der Waals surface area (Å²) in [4.78, 5) is 36.0. The van der Waals surface area contributed by atoms with Gasteiger partial charge in [0.15, 0.2) is 0 Å². The van der Waals surface area contributed by atoms with Gasteiger partial charge in [-0.3, -0.25) is 9.59 Å². The van der Waals surface area contributed by atoms with E-state index in [1.165, 1.54) is 6.92 Å². The largest absolute Gasteiger partial charge is 0.458 e. The van der Waals surface area contributed by atoms with Gasteiger partial charge in [-0.15, -0.1) is 0 Å². The maximum absolute atomic E-state index is 12.5. The molecule has 6 heteroatoms. The number of rotatable bonds is 7. The van der Waals surface area contributed by atoms with E-state index in [-0.39, 0.29) is 23.7 Å². The predicted octanol–water partition coefficient (Wildman–Crippen LogP) is 2.02. The SMILES string of the molecule is CC(=O)N[C@@H](CC(C)C)C(=O)N[C@H](C(=O)OC(C)(C)C)C(C)C. The molecule has 0 rings (SSSR count). The molecule has 0 fully saturated rings. The molecule has 0 aliphatic rings. The molecule has 23 heavy (non-hydrogen) atoms. The van der Waals surface area contributed by atoms with E-state index in [2.05, 4.69) is 10.6 Å². The first-order valence-corrected chi connectivity index (χ1v) is 8.13. The van der Waals surface area contributed by atoms with E-state index >= 15 is 0 Å². The highest BCUT2D eigenvalue weighted by molar-refractivity contribution is 5.90. The minimum atomic E-state index is -0.745. The lowest BCUT2D eigenvalue weighted by Gasteiger charge is -2.28. The van der Waals surface area contributed by atoms with Crippen molar-refractivity contribution in [1.82, 2.24) is 10.6 Å². The summed E-state index contributed by atoms with van der Waals surface area (Å²) >= 11 is 0. The van der Waals surface area contributed by atoms with Gasteiger partial charge < -0.3 is 15.4 Å². The van der Waals surface area contributed by atoms with E-state index in [9.17, 15) is 14.4 Å². The van der Waals surface area contributed by atoms with Crippen LogP contribution in [0.4, 0.5) is 0 Å². The number of nitrogens with one attached hydrogen (secondary N) is 2. The Hall–Kier alpha value is -1.59. The molecular weight excluding hydrogens is 296 g/mol. The molecule has 0 bridgehead atoms. The molecule has 0 aromatic rings. The van der Waals surface area contributed by atoms with Gasteiger partial charge in [0.05, 0.1) is 0 Å². The molecule has 0 aliphatic heterocycles. The molecule has 134 valence electrons. The van der Waals surface area contributed by atoms with Crippen molar-refractivity contribution in [3.05, 3.63) is 0 Å². The topological polar surface area (TPSA) is 84.5 Å². The van der Waals surface area contributed by atoms with E-state index in [1.807, 2.05) is 27.7 Å². The van der Waals surface area contributed by atoms with Crippen LogP contribution in [0, 0.1) is 11.8 Å². The molecule has 0 aliphatic carbocycles. The molecule has 2 amide bonds. The Morgan fingerprint density at radius 2 is 1.52 bits per heavy atom. The second kappa shape index (κ2) is 8.89. The van der Waals surface area contributed by atoms with Crippen molar-refractivity contribution in [1.29, 1.82) is 0 Å². The summed E-state index contributed by atoms with van der Waals surface area (Å²) in [6, 6.07) is -1.40. The number of carbonyl (C=O) groups excluding carboxylic acids is 3. The highest BCUT2D eigenvalue weighted by Gasteiger charge is 2.31. The summed E-state index contributed by atoms with van der Waals surface area (Å²) in [6.07, 6.45) is 0.505. The van der Waals surface area contributed by atoms with E-state index < -0.39 is 23.7 Å². The number of esters is 1. The van der Waals surface area contributed by atoms with Crippen LogP contribution in [0.5, 0.6) is 0 Å². The van der Waals surface area contributed by atoms with Crippen LogP contribution in [0.15, 0.2) is 0 Å². The summed E-state index contributed by atoms with van der Waals surface area (Å²) in [5, 5.41) is 5.36. The van der Waals surface area contributed by atoms with E-state index in [0.717, 1.165) is 0 Å². The first-order chi connectivity index (χ1) is 10.3. The third kappa shape index (κ3) is 9.21. The molecule has 0 aromatic carbocycles. The quantitative estimate of drug-likeness (QED) is 0.700. The van der Waals surface area contributed by atoms with Crippen LogP contribution in [0.2, 0.25) is 0 Å². The third-order valence-electron chi connectivity index (χ3n) is 3.03. The van der Waals surface area contributed by atoms with Crippen LogP contribution < -0.4 is 10.6 Å². The Bertz CT molecular complexity index is 425. The summed E-state index contributed by atoms with van der Waals surface area (Å²) in [5.74, 6) is -0.989. The van der Waals surface area contributed by atoms with Gasteiger partial charge in [-0.05, 0) is 39.0 Å². The molecule has 0 heterocycles. The van der Waals surface area contributed by atoms with Crippen molar-refractivity contribution < 1.29 is 19.1 Å². The lowest BCUT2D eigenvalue weighted by molar-refractivity contribution is -0.160. The molecule has 2 N–H and O–H groups in total. The minimum absolute atomic E-state index is 0.120. The molecule has 2 atom stereocenters. The molecule has 6 nitrogen and oxygen atoms in total. The highest BCUT2D eigenvalue weighted by atomic mass is 16.6. The lowest BCUT2D eigenvalue weighted by Crippen LogP contribution is -2.54. The second-order valence-corrected chi connectivity index (χ2v) is 7.65. The zero-order valence-corrected chi connectivity index (χ0v) is 15.6. The number of ether oxygens (including phenoxy) is 1. The summed E-state index contributed by atoms with van der Waals surface area (Å²) in [5.41, 5.74) is -0.621. The van der Waals surface area contributed by atoms with Gasteiger partial charge in [-0.1, -0.05) is 27.7 Å². The van der Waals surface area contributed by atoms with Gasteiger partial charge in [0.25, 0.3) is 0 Å². The fourth-order valence-electron chi connectivity index (χ4n) is 2.07. The fourth-order valence-corrected chi connectivity index (χ4v) is 2.07. The van der Waals surface area contributed by atoms with Gasteiger partial charge in [-0.2, -0.15) is 0 Å². The summed E-state index contributed by atoms with van der Waals surface area (Å²) < 4.78 is 5.36. The Kier molecular flexibility index (Phi) is 8.28. The first-order valence-electron chi connectivity index (χ1n) is 8.13. The fraction of sp³-hybridized carbons (Fsp3) is 0.824. The maximum atomic E-state index is 12.5. The summed E-state index contributed by atoms with van der Waals surface area (Å²) in [7, 11) is 0. The van der Waals surface area contributed by atoms with E-state index in [4.69, 9.17) is 4.74 Å². The van der Waals surface area contributed by atoms with Crippen LogP contribution in [-0.2, 0) is 19.1 Å². The number of hydrogen-bond acceptors (Lipinski definition) is 4. The van der Waals surface area contributed by atoms with Gasteiger partial charge in [0.1, 0.15) is 17.7 Å². The predicted molar refractivity (Wildman–Crippen MR) is 89.7 cm³/mol. The molecule has 0 spiro atoms. The van der Waals surface area contributed by atoms with Gasteiger partial charge in [0.2, 0.25) is 11.8 Å². The van der Waals surface area contributed by atoms with Gasteiger partial charge in [-0.25, -0.2) is 4.79 Å². The molecule has 0 saturated carbocycles. The first kappa shape index (κ1) is 21.4. The Labute approximate surface area is 139 Å². The number of hydrogen-bond donors (Lipinski definition) is 2. The van der Waals surface area contributed by atoms with Crippen molar-refractivity contribution in [2.45, 2.75) is 79.5 Å². The van der Waals surface area contributed by atoms with Gasteiger partial charge in [0, 0.05) is 6.92 Å². The average molecular weight is 328 g/mol. The van der Waals surface area contributed by atoms with Crippen LogP contribution in [0.25, 0.3) is 0 Å². The maximum Gasteiger partial charge on any atom is 0.329 e. The van der Waals surface area contributed by atoms with Crippen molar-refractivity contribution in [3.8, 4) is 0 Å². The molecule has 0 radical (unpaired) electrons. The molecule has 0 unspecified atom stereocenters. The van der Waals surface area contributed by atoms with Gasteiger partial charge >= 0.3 is 5.97 Å². The van der Waals surface area contributed by atoms with Crippen molar-refractivity contribution in [2.24, 2.45) is 11.8 Å². The van der Waals surface area contributed by atoms with Crippen LogP contribution >= 0.6 is 0 Å². The Balaban J connectivity index is 5.05. The third-order valence-corrected chi connectivity index (χ3v) is 3.03. The lowest BCUT2D eigenvalue weighted by atomic mass is 10.00. The molecule has 0 saturated heterocycles. The van der Waals surface area contributed by atoms with E-state index in [0.29, 0.717) is 6.42 Å². The van der Waals surface area contributed by atoms with Crippen LogP contribution in [0.3, 0.4) is 0 Å². The standard InChI is InChI=1S/C17H32N2O4/c1-10(2)9-13(18-12(5)20)15(21)19-14(11(3)4)16(22)23-17(6,7)8/h10-11,13-14H,9H2,1-8H3,(H,18,20)(H,19,21)/t13-,14-/m0/s1. The molecular formula is C17H32N2O4. The number of amides is 2. The van der Waals surface area contributed by atoms with Crippen molar-refractivity contribution >= 4 is 17.8 Å². The highest BCUT2D eigenvalue weighted by Crippen LogP contribution is 2.13. The van der Waals surface area contributed by atoms with Crippen molar-refractivity contribution in [2.75, 3.05) is 0 Å². The smallest absolute Gasteiger partial charge is 0.329 e. The number of carbonyl (C=O) groups is 3. The second-order valence-electron chi connectivity index (χ2n) is 7.65. The zero-order chi connectivity index (χ0) is 18.4. The normalized spacial score (nSPS) is 14.3. The Morgan fingerprint density at radius 3 is 1.87 bits per heavy atom. The van der Waals surface area contributed by atoms with Crippen LogP contribution in [-0.4, -0.2) is 35.5 Å². The minimum Gasteiger partial charge on any atom is -0.458 e.